The molecule has 0 bridgehead atoms. The van der Waals surface area contributed by atoms with E-state index in [1.807, 2.05) is 7.11 Å². The highest BCUT2D eigenvalue weighted by molar-refractivity contribution is 6.78. The van der Waals surface area contributed by atoms with Crippen LogP contribution in [0, 0.1) is 0 Å². The van der Waals surface area contributed by atoms with Gasteiger partial charge in [-0.1, -0.05) is 108 Å². The molecular weight excluding hydrogens is 356 g/mol. The molecule has 150 valence electrons. The zero-order valence-corrected chi connectivity index (χ0v) is 20.1. The number of hydrogen-bond donors (Lipinski definition) is 0. The van der Waals surface area contributed by atoms with E-state index in [9.17, 15) is 0 Å². The molecule has 0 aliphatic heterocycles. The van der Waals surface area contributed by atoms with Gasteiger partial charge in [0.2, 0.25) is 0 Å². The quantitative estimate of drug-likeness (QED) is 0.495. The molecule has 0 spiro atoms. The SMILES string of the molecule is COc1c(C(C)(C)C)cccc1C(C)(C)C1=Cc2ccccc2C1[Si](C)(C)C. The van der Waals surface area contributed by atoms with Gasteiger partial charge in [0.25, 0.3) is 0 Å². The molecule has 2 heteroatoms. The molecule has 1 aliphatic carbocycles. The molecule has 0 aromatic heterocycles. The molecule has 1 nitrogen and oxygen atoms in total. The van der Waals surface area contributed by atoms with Crippen molar-refractivity contribution in [1.82, 2.24) is 0 Å². The molecule has 2 aromatic rings. The molecule has 1 unspecified atom stereocenters. The van der Waals surface area contributed by atoms with E-state index in [1.54, 1.807) is 0 Å². The fourth-order valence-electron chi connectivity index (χ4n) is 4.79. The van der Waals surface area contributed by atoms with E-state index in [0.717, 1.165) is 5.75 Å². The molecule has 0 amide bonds. The third kappa shape index (κ3) is 3.48. The Kier molecular flexibility index (Phi) is 5.16. The Morgan fingerprint density at radius 3 is 2.00 bits per heavy atom. The van der Waals surface area contributed by atoms with Gasteiger partial charge in [-0.2, -0.15) is 0 Å². The van der Waals surface area contributed by atoms with Crippen molar-refractivity contribution in [3.63, 3.8) is 0 Å². The van der Waals surface area contributed by atoms with Crippen molar-refractivity contribution >= 4 is 14.1 Å². The van der Waals surface area contributed by atoms with Crippen LogP contribution in [0.3, 0.4) is 0 Å². The lowest BCUT2D eigenvalue weighted by Gasteiger charge is -2.39. The van der Waals surface area contributed by atoms with Crippen LogP contribution in [-0.2, 0) is 10.8 Å². The van der Waals surface area contributed by atoms with Crippen molar-refractivity contribution in [1.29, 1.82) is 0 Å². The third-order valence-corrected chi connectivity index (χ3v) is 8.57. The van der Waals surface area contributed by atoms with E-state index in [1.165, 1.54) is 27.8 Å². The summed E-state index contributed by atoms with van der Waals surface area (Å²) in [6.07, 6.45) is 2.46. The smallest absolute Gasteiger partial charge is 0.126 e. The van der Waals surface area contributed by atoms with Crippen LogP contribution < -0.4 is 4.74 Å². The lowest BCUT2D eigenvalue weighted by Crippen LogP contribution is -2.37. The number of methoxy groups -OCH3 is 1. The van der Waals surface area contributed by atoms with Gasteiger partial charge in [0.1, 0.15) is 5.75 Å². The number of ether oxygens (including phenoxy) is 1. The Morgan fingerprint density at radius 1 is 0.821 bits per heavy atom. The number of fused-ring (bicyclic) bond motifs is 1. The fraction of sp³-hybridized carbons (Fsp3) is 0.462. The second kappa shape index (κ2) is 6.91. The van der Waals surface area contributed by atoms with Crippen molar-refractivity contribution in [2.24, 2.45) is 0 Å². The predicted molar refractivity (Wildman–Crippen MR) is 125 cm³/mol. The standard InChI is InChI=1S/C26H36OSi/c1-25(2,3)20-15-12-16-21(23(20)27-6)26(4,5)22-17-18-13-10-11-14-19(18)24(22)28(7,8)9/h10-17,24H,1-9H3. The van der Waals surface area contributed by atoms with Crippen LogP contribution in [-0.4, -0.2) is 15.2 Å². The maximum atomic E-state index is 6.03. The molecule has 0 saturated heterocycles. The molecule has 2 aromatic carbocycles. The van der Waals surface area contributed by atoms with E-state index in [2.05, 4.69) is 103 Å². The summed E-state index contributed by atoms with van der Waals surface area (Å²) >= 11 is 0. The van der Waals surface area contributed by atoms with Crippen molar-refractivity contribution < 1.29 is 4.74 Å². The van der Waals surface area contributed by atoms with Crippen LogP contribution in [0.5, 0.6) is 5.75 Å². The van der Waals surface area contributed by atoms with E-state index >= 15 is 0 Å². The van der Waals surface area contributed by atoms with Crippen LogP contribution in [0.4, 0.5) is 0 Å². The molecule has 0 fully saturated rings. The molecule has 1 aliphatic rings. The summed E-state index contributed by atoms with van der Waals surface area (Å²) in [7, 11) is 0.349. The Morgan fingerprint density at radius 2 is 1.43 bits per heavy atom. The van der Waals surface area contributed by atoms with Gasteiger partial charge >= 0.3 is 0 Å². The second-order valence-corrected chi connectivity index (χ2v) is 16.1. The van der Waals surface area contributed by atoms with Crippen molar-refractivity contribution in [2.45, 2.75) is 70.6 Å². The van der Waals surface area contributed by atoms with Gasteiger partial charge in [-0.15, -0.1) is 0 Å². The van der Waals surface area contributed by atoms with Gasteiger partial charge < -0.3 is 4.74 Å². The van der Waals surface area contributed by atoms with Gasteiger partial charge in [0, 0.05) is 16.5 Å². The maximum absolute atomic E-state index is 6.03. The van der Waals surface area contributed by atoms with Gasteiger partial charge in [-0.3, -0.25) is 0 Å². The van der Waals surface area contributed by atoms with Crippen LogP contribution >= 0.6 is 0 Å². The largest absolute Gasteiger partial charge is 0.496 e. The summed E-state index contributed by atoms with van der Waals surface area (Å²) in [5.41, 5.74) is 7.49. The molecule has 28 heavy (non-hydrogen) atoms. The number of allylic oxidation sites excluding steroid dienone is 1. The minimum atomic E-state index is -1.47. The van der Waals surface area contributed by atoms with Crippen LogP contribution in [0.2, 0.25) is 19.6 Å². The molecule has 0 radical (unpaired) electrons. The van der Waals surface area contributed by atoms with Crippen LogP contribution in [0.15, 0.2) is 48.0 Å². The van der Waals surface area contributed by atoms with E-state index in [4.69, 9.17) is 4.74 Å². The zero-order valence-electron chi connectivity index (χ0n) is 19.1. The summed E-state index contributed by atoms with van der Waals surface area (Å²) in [5, 5.41) is 0. The summed E-state index contributed by atoms with van der Waals surface area (Å²) in [4.78, 5) is 0. The lowest BCUT2D eigenvalue weighted by molar-refractivity contribution is 0.383. The molecule has 0 N–H and O–H groups in total. The van der Waals surface area contributed by atoms with E-state index < -0.39 is 8.07 Å². The number of hydrogen-bond acceptors (Lipinski definition) is 1. The van der Waals surface area contributed by atoms with Crippen LogP contribution in [0.25, 0.3) is 6.08 Å². The Hall–Kier alpha value is -1.80. The maximum Gasteiger partial charge on any atom is 0.126 e. The first-order chi connectivity index (χ1) is 12.9. The van der Waals surface area contributed by atoms with Crippen molar-refractivity contribution in [2.75, 3.05) is 7.11 Å². The van der Waals surface area contributed by atoms with Gasteiger partial charge in [-0.25, -0.2) is 0 Å². The second-order valence-electron chi connectivity index (χ2n) is 10.8. The Balaban J connectivity index is 2.22. The topological polar surface area (TPSA) is 9.23 Å². The third-order valence-electron chi connectivity index (χ3n) is 6.22. The van der Waals surface area contributed by atoms with Crippen molar-refractivity contribution in [3.8, 4) is 5.75 Å². The first-order valence-corrected chi connectivity index (χ1v) is 14.0. The fourth-order valence-corrected chi connectivity index (χ4v) is 7.37. The highest BCUT2D eigenvalue weighted by Gasteiger charge is 2.43. The summed E-state index contributed by atoms with van der Waals surface area (Å²) < 4.78 is 6.03. The number of benzene rings is 2. The molecule has 3 rings (SSSR count). The van der Waals surface area contributed by atoms with E-state index in [-0.39, 0.29) is 10.8 Å². The first-order valence-electron chi connectivity index (χ1n) is 10.4. The van der Waals surface area contributed by atoms with Gasteiger partial charge in [-0.05, 0) is 22.1 Å². The average molecular weight is 393 g/mol. The molecule has 0 heterocycles. The monoisotopic (exact) mass is 392 g/mol. The predicted octanol–water partition coefficient (Wildman–Crippen LogP) is 7.33. The Labute approximate surface area is 172 Å². The van der Waals surface area contributed by atoms with E-state index in [0.29, 0.717) is 5.54 Å². The van der Waals surface area contributed by atoms with Gasteiger partial charge in [0.15, 0.2) is 0 Å². The minimum Gasteiger partial charge on any atom is -0.496 e. The molecule has 1 atom stereocenters. The molecular formula is C26H36OSi. The van der Waals surface area contributed by atoms with Gasteiger partial charge in [0.05, 0.1) is 15.2 Å². The Bertz CT molecular complexity index is 907. The lowest BCUT2D eigenvalue weighted by atomic mass is 9.73. The van der Waals surface area contributed by atoms with Crippen molar-refractivity contribution in [3.05, 3.63) is 70.3 Å². The normalized spacial score (nSPS) is 17.3. The first kappa shape index (κ1) is 20.9. The zero-order chi connectivity index (χ0) is 20.9. The molecule has 0 saturated carbocycles. The highest BCUT2D eigenvalue weighted by Crippen LogP contribution is 2.52. The van der Waals surface area contributed by atoms with Crippen LogP contribution in [0.1, 0.15) is 62.4 Å². The summed E-state index contributed by atoms with van der Waals surface area (Å²) in [6, 6.07) is 15.6. The summed E-state index contributed by atoms with van der Waals surface area (Å²) in [5.74, 6) is 1.05. The minimum absolute atomic E-state index is 0.0443. The average Bonchev–Trinajstić information content (AvgIpc) is 3.01. The highest BCUT2D eigenvalue weighted by atomic mass is 28.3. The number of rotatable bonds is 4. The summed E-state index contributed by atoms with van der Waals surface area (Å²) in [6.45, 7) is 19.0. The number of para-hydroxylation sites is 1.